The average Bonchev–Trinajstić information content (AvgIpc) is 3.82. The van der Waals surface area contributed by atoms with Gasteiger partial charge in [0.2, 0.25) is 0 Å². The van der Waals surface area contributed by atoms with Crippen LogP contribution in [0.4, 0.5) is 17.1 Å². The zero-order valence-corrected chi connectivity index (χ0v) is 26.0. The van der Waals surface area contributed by atoms with Gasteiger partial charge in [0.25, 0.3) is 0 Å². The SMILES string of the molecule is c1ccc(-c2cccc(N(c3ccc(-c4nc5c(s4)-c4cccc6cccc-5c46)cc3)c3cccc4oc5ccccc5c34)c2)cc1. The van der Waals surface area contributed by atoms with Crippen molar-refractivity contribution in [3.05, 3.63) is 158 Å². The first-order valence-electron chi connectivity index (χ1n) is 15.8. The van der Waals surface area contributed by atoms with Crippen molar-refractivity contribution in [2.45, 2.75) is 0 Å². The maximum absolute atomic E-state index is 6.33. The molecular weight excluding hydrogens is 593 g/mol. The molecule has 0 amide bonds. The number of nitrogens with zero attached hydrogens (tertiary/aromatic N) is 2. The second kappa shape index (κ2) is 10.3. The fraction of sp³-hybridized carbons (Fsp3) is 0. The molecule has 220 valence electrons. The van der Waals surface area contributed by atoms with Gasteiger partial charge in [-0.2, -0.15) is 0 Å². The molecule has 2 aromatic heterocycles. The third-order valence-electron chi connectivity index (χ3n) is 9.24. The Kier molecular flexibility index (Phi) is 5.74. The van der Waals surface area contributed by atoms with Crippen LogP contribution in [-0.2, 0) is 0 Å². The van der Waals surface area contributed by atoms with Crippen LogP contribution in [0.5, 0.6) is 0 Å². The van der Waals surface area contributed by atoms with Crippen molar-refractivity contribution >= 4 is 61.1 Å². The molecule has 9 aromatic rings. The summed E-state index contributed by atoms with van der Waals surface area (Å²) in [7, 11) is 0. The Morgan fingerprint density at radius 2 is 1.23 bits per heavy atom. The van der Waals surface area contributed by atoms with Gasteiger partial charge >= 0.3 is 0 Å². The fourth-order valence-corrected chi connectivity index (χ4v) is 8.23. The lowest BCUT2D eigenvalue weighted by atomic mass is 10.0. The third-order valence-corrected chi connectivity index (χ3v) is 10.4. The van der Waals surface area contributed by atoms with E-state index in [1.54, 1.807) is 11.3 Å². The van der Waals surface area contributed by atoms with Crippen LogP contribution >= 0.6 is 11.3 Å². The quantitative estimate of drug-likeness (QED) is 0.192. The summed E-state index contributed by atoms with van der Waals surface area (Å²) >= 11 is 1.78. The van der Waals surface area contributed by atoms with E-state index in [4.69, 9.17) is 9.40 Å². The van der Waals surface area contributed by atoms with Gasteiger partial charge in [0, 0.05) is 33.5 Å². The summed E-state index contributed by atoms with van der Waals surface area (Å²) in [5, 5.41) is 5.83. The smallest absolute Gasteiger partial charge is 0.137 e. The Balaban J connectivity index is 1.12. The molecule has 0 aliphatic heterocycles. The lowest BCUT2D eigenvalue weighted by Gasteiger charge is -2.27. The number of hydrogen-bond donors (Lipinski definition) is 0. The van der Waals surface area contributed by atoms with Gasteiger partial charge < -0.3 is 9.32 Å². The van der Waals surface area contributed by atoms with Crippen molar-refractivity contribution in [3.63, 3.8) is 0 Å². The van der Waals surface area contributed by atoms with Gasteiger partial charge in [-0.3, -0.25) is 0 Å². The van der Waals surface area contributed by atoms with Crippen LogP contribution < -0.4 is 4.90 Å². The predicted molar refractivity (Wildman–Crippen MR) is 197 cm³/mol. The van der Waals surface area contributed by atoms with Crippen LogP contribution in [0, 0.1) is 0 Å². The Labute approximate surface area is 275 Å². The highest BCUT2D eigenvalue weighted by molar-refractivity contribution is 7.19. The third kappa shape index (κ3) is 4.09. The molecule has 0 N–H and O–H groups in total. The highest BCUT2D eigenvalue weighted by atomic mass is 32.1. The van der Waals surface area contributed by atoms with E-state index in [0.717, 1.165) is 55.3 Å². The summed E-state index contributed by atoms with van der Waals surface area (Å²) in [4.78, 5) is 8.80. The minimum absolute atomic E-state index is 0.872. The lowest BCUT2D eigenvalue weighted by molar-refractivity contribution is 0.669. The molecule has 0 fully saturated rings. The molecule has 0 radical (unpaired) electrons. The summed E-state index contributed by atoms with van der Waals surface area (Å²) in [5.74, 6) is 0. The van der Waals surface area contributed by atoms with E-state index in [1.807, 2.05) is 12.1 Å². The summed E-state index contributed by atoms with van der Waals surface area (Å²) in [6.45, 7) is 0. The number of thiazole rings is 1. The molecule has 47 heavy (non-hydrogen) atoms. The van der Waals surface area contributed by atoms with E-state index in [-0.39, 0.29) is 0 Å². The van der Waals surface area contributed by atoms with Crippen LogP contribution in [0.3, 0.4) is 0 Å². The molecule has 0 atom stereocenters. The summed E-state index contributed by atoms with van der Waals surface area (Å²) in [5.41, 5.74) is 12.1. The minimum Gasteiger partial charge on any atom is -0.456 e. The van der Waals surface area contributed by atoms with Crippen molar-refractivity contribution in [2.75, 3.05) is 4.90 Å². The van der Waals surface area contributed by atoms with Crippen molar-refractivity contribution in [1.29, 1.82) is 0 Å². The van der Waals surface area contributed by atoms with Gasteiger partial charge in [0.15, 0.2) is 0 Å². The van der Waals surface area contributed by atoms with E-state index in [0.29, 0.717) is 0 Å². The Morgan fingerprint density at radius 1 is 0.511 bits per heavy atom. The highest BCUT2D eigenvalue weighted by Crippen LogP contribution is 2.51. The van der Waals surface area contributed by atoms with Crippen LogP contribution in [0.25, 0.3) is 76.1 Å². The largest absolute Gasteiger partial charge is 0.456 e. The number of benzene rings is 7. The molecule has 0 spiro atoms. The highest BCUT2D eigenvalue weighted by Gasteiger charge is 2.26. The van der Waals surface area contributed by atoms with E-state index in [2.05, 4.69) is 150 Å². The van der Waals surface area contributed by atoms with Crippen LogP contribution in [0.2, 0.25) is 0 Å². The number of hydrogen-bond acceptors (Lipinski definition) is 4. The standard InChI is InChI=1S/C43H26N2OS/c1-2-10-27(11-3-1)30-14-6-15-32(26-30)45(36-19-9-21-38-40(36)33-16-4-5-20-37(33)46-38)31-24-22-29(23-25-31)43-44-41-34-17-7-12-28-13-8-18-35(39(28)34)42(41)47-43/h1-26H. The molecule has 7 aromatic carbocycles. The molecule has 1 aliphatic carbocycles. The first-order chi connectivity index (χ1) is 23.3. The number of para-hydroxylation sites is 1. The first-order valence-corrected chi connectivity index (χ1v) is 16.6. The number of anilines is 3. The molecular formula is C43H26N2OS. The van der Waals surface area contributed by atoms with Gasteiger partial charge in [-0.05, 0) is 76.5 Å². The topological polar surface area (TPSA) is 29.3 Å². The first kappa shape index (κ1) is 26.3. The zero-order valence-electron chi connectivity index (χ0n) is 25.2. The van der Waals surface area contributed by atoms with Gasteiger partial charge in [0.1, 0.15) is 16.2 Å². The van der Waals surface area contributed by atoms with Crippen LogP contribution in [0.1, 0.15) is 0 Å². The molecule has 10 rings (SSSR count). The monoisotopic (exact) mass is 618 g/mol. The molecule has 0 bridgehead atoms. The minimum atomic E-state index is 0.872. The van der Waals surface area contributed by atoms with Gasteiger partial charge in [-0.15, -0.1) is 11.3 Å². The number of furan rings is 1. The molecule has 0 saturated heterocycles. The Hall–Kier alpha value is -5.97. The molecule has 0 unspecified atom stereocenters. The molecule has 2 heterocycles. The van der Waals surface area contributed by atoms with E-state index in [1.165, 1.54) is 37.9 Å². The van der Waals surface area contributed by atoms with E-state index < -0.39 is 0 Å². The van der Waals surface area contributed by atoms with Crippen LogP contribution in [-0.4, -0.2) is 4.98 Å². The van der Waals surface area contributed by atoms with Crippen molar-refractivity contribution < 1.29 is 4.42 Å². The number of fused-ring (bicyclic) bond motifs is 6. The number of rotatable bonds is 5. The maximum atomic E-state index is 6.33. The maximum Gasteiger partial charge on any atom is 0.137 e. The van der Waals surface area contributed by atoms with Crippen molar-refractivity contribution in [1.82, 2.24) is 4.98 Å². The molecule has 4 heteroatoms. The lowest BCUT2D eigenvalue weighted by Crippen LogP contribution is -2.10. The fourth-order valence-electron chi connectivity index (χ4n) is 7.11. The normalized spacial score (nSPS) is 11.8. The van der Waals surface area contributed by atoms with Crippen molar-refractivity contribution in [3.8, 4) is 43.4 Å². The van der Waals surface area contributed by atoms with Gasteiger partial charge in [0.05, 0.1) is 21.6 Å². The van der Waals surface area contributed by atoms with Gasteiger partial charge in [-0.1, -0.05) is 103 Å². The summed E-state index contributed by atoms with van der Waals surface area (Å²) < 4.78 is 6.33. The van der Waals surface area contributed by atoms with Crippen LogP contribution in [0.15, 0.2) is 162 Å². The second-order valence-corrected chi connectivity index (χ2v) is 13.0. The average molecular weight is 619 g/mol. The molecule has 0 saturated carbocycles. The molecule has 3 nitrogen and oxygen atoms in total. The summed E-state index contributed by atoms with van der Waals surface area (Å²) in [6.07, 6.45) is 0. The van der Waals surface area contributed by atoms with E-state index in [9.17, 15) is 0 Å². The Morgan fingerprint density at radius 3 is 2.11 bits per heavy atom. The Bertz CT molecular complexity index is 2580. The molecule has 1 aliphatic rings. The van der Waals surface area contributed by atoms with E-state index >= 15 is 0 Å². The zero-order chi connectivity index (χ0) is 30.9. The number of aromatic nitrogens is 1. The van der Waals surface area contributed by atoms with Crippen molar-refractivity contribution in [2.24, 2.45) is 0 Å². The van der Waals surface area contributed by atoms with Gasteiger partial charge in [-0.25, -0.2) is 4.98 Å². The predicted octanol–water partition coefficient (Wildman–Crippen LogP) is 12.6. The summed E-state index contributed by atoms with van der Waals surface area (Å²) in [6, 6.07) is 55.9. The second-order valence-electron chi connectivity index (χ2n) is 12.0.